The number of aliphatic imine (C=N–C) groups is 1. The Labute approximate surface area is 935 Å². The number of benzene rings is 6. The number of ether oxygens (including phenoxy) is 9. The first kappa shape index (κ1) is 127. The van der Waals surface area contributed by atoms with Crippen LogP contribution in [0.4, 0.5) is 19.2 Å². The van der Waals surface area contributed by atoms with E-state index in [1.807, 2.05) is 109 Å². The zero-order valence-corrected chi connectivity index (χ0v) is 96.4. The van der Waals surface area contributed by atoms with Gasteiger partial charge in [0, 0.05) is 93.6 Å². The largest absolute Gasteiger partial charge is 1.00 e. The summed E-state index contributed by atoms with van der Waals surface area (Å²) < 4.78 is 47.9. The van der Waals surface area contributed by atoms with Crippen molar-refractivity contribution in [2.75, 3.05) is 59.2 Å². The Morgan fingerprint density at radius 3 is 1.36 bits per heavy atom. The number of amides is 3. The Bertz CT molecular complexity index is 5600. The van der Waals surface area contributed by atoms with Crippen molar-refractivity contribution in [3.8, 4) is 0 Å². The summed E-state index contributed by atoms with van der Waals surface area (Å²) in [5.74, 6) is -0.118. The number of carbonyl (C=O) groups is 8. The molecule has 6 aliphatic heterocycles. The Hall–Kier alpha value is -6.90. The van der Waals surface area contributed by atoms with Crippen LogP contribution < -0.4 is 34.8 Å². The molecule has 3 N–H and O–H groups in total. The number of carbonyl (C=O) groups excluding carboxylic acids is 8. The van der Waals surface area contributed by atoms with Crippen molar-refractivity contribution in [2.45, 2.75) is 244 Å². The van der Waals surface area contributed by atoms with Crippen molar-refractivity contribution in [3.63, 3.8) is 0 Å². The van der Waals surface area contributed by atoms with E-state index in [0.717, 1.165) is 144 Å². The predicted octanol–water partition coefficient (Wildman–Crippen LogP) is 28.9. The molecule has 0 radical (unpaired) electrons. The van der Waals surface area contributed by atoms with Crippen LogP contribution in [0, 0.1) is 6.92 Å². The molecule has 6 aromatic carbocycles. The van der Waals surface area contributed by atoms with Crippen LogP contribution in [0.15, 0.2) is 205 Å². The molecule has 0 spiro atoms. The number of alkyl carbamates (subject to hydrolysis) is 1. The minimum Gasteiger partial charge on any atom is -0.444 e. The van der Waals surface area contributed by atoms with Gasteiger partial charge in [-0.05, 0) is 335 Å². The van der Waals surface area contributed by atoms with Crippen LogP contribution in [0.1, 0.15) is 284 Å². The number of hydrogen-bond donors (Lipinski definition) is 3. The fraction of sp³-hybridized carbons (Fsp3) is 0.431. The number of nitrogens with one attached hydrogen (secondary N) is 3. The molecule has 10 heterocycles. The van der Waals surface area contributed by atoms with Crippen molar-refractivity contribution >= 4 is 214 Å². The van der Waals surface area contributed by atoms with Gasteiger partial charge in [0.25, 0.3) is 0 Å². The molecule has 4 aromatic heterocycles. The van der Waals surface area contributed by atoms with E-state index in [0.29, 0.717) is 69.4 Å². The summed E-state index contributed by atoms with van der Waals surface area (Å²) in [6.45, 7) is 33.1. The minimum absolute atomic E-state index is 0. The van der Waals surface area contributed by atoms with Gasteiger partial charge in [0.05, 0.1) is 57.0 Å². The molecule has 1 aliphatic carbocycles. The molecule has 36 heteroatoms. The second-order valence-electron chi connectivity index (χ2n) is 37.8. The molecular weight excluding hydrogens is 2190 g/mol. The van der Waals surface area contributed by atoms with E-state index in [9.17, 15) is 38.4 Å². The molecule has 2 unspecified atom stereocenters. The van der Waals surface area contributed by atoms with Gasteiger partial charge in [-0.2, -0.15) is 6.42 Å². The fourth-order valence-electron chi connectivity index (χ4n) is 15.6. The number of ketones is 1. The predicted molar refractivity (Wildman–Crippen MR) is 593 cm³/mol. The van der Waals surface area contributed by atoms with E-state index < -0.39 is 46.9 Å². The van der Waals surface area contributed by atoms with Crippen molar-refractivity contribution in [1.82, 2.24) is 20.9 Å². The van der Waals surface area contributed by atoms with Crippen LogP contribution in [0.25, 0.3) is 0 Å². The van der Waals surface area contributed by atoms with Gasteiger partial charge >= 0.3 is 43.4 Å². The van der Waals surface area contributed by atoms with Gasteiger partial charge in [-0.25, -0.2) is 24.1 Å². The summed E-state index contributed by atoms with van der Waals surface area (Å²) in [5, 5.41) is 22.8. The van der Waals surface area contributed by atoms with Crippen LogP contribution in [-0.2, 0) is 63.9 Å². The molecule has 7 aliphatic rings. The molecule has 10 aromatic rings. The van der Waals surface area contributed by atoms with Gasteiger partial charge in [-0.15, -0.1) is 57.8 Å². The summed E-state index contributed by atoms with van der Waals surface area (Å²) in [5.41, 5.74) is 7.69. The van der Waals surface area contributed by atoms with Crippen LogP contribution in [-0.4, -0.2) is 141 Å². The Balaban J connectivity index is 0.000000251. The zero-order chi connectivity index (χ0) is 105. The summed E-state index contributed by atoms with van der Waals surface area (Å²) >= 11 is 48.8. The number of Topliss-reactive ketones (excluding diaryl/α,β-unsaturated/α-hetero) is 1. The summed E-state index contributed by atoms with van der Waals surface area (Å²) in [7, 11) is 0. The Kier molecular flexibility index (Phi) is 54.9. The summed E-state index contributed by atoms with van der Waals surface area (Å²) in [6.07, 6.45) is 14.3. The van der Waals surface area contributed by atoms with Crippen LogP contribution >= 0.6 is 159 Å². The molecule has 22 nitrogen and oxygen atoms in total. The van der Waals surface area contributed by atoms with E-state index in [4.69, 9.17) is 108 Å². The third kappa shape index (κ3) is 43.8. The number of imide groups is 1. The zero-order valence-electron chi connectivity index (χ0n) is 84.6. The molecule has 1 saturated carbocycles. The van der Waals surface area contributed by atoms with Crippen molar-refractivity contribution in [2.24, 2.45) is 4.99 Å². The average Bonchev–Trinajstić information content (AvgIpc) is 1.54. The number of aldehydes is 2. The SMILES string of the molecule is Brc1csc(C2OCCO2)c1.CC(C)(C)OC(=O)N1CCCC1=O.CC(C)(C)OC(=O)NCCCC(=O)c1cccc(Cl)c1.CC(C)(C)OC(=O)OC(=O)OC(C)(C)C.Cl.Clc1cccc(Br)c1.Clc1cccc(C2(c3csc(C4OCCO4)c3)CCCN2)c1.Clc1cccc(C2=NCCC2)c1.O=Cc1cc(C2(c3cccc(Cl)c3)CCCC2)cs1.O=Cc1cc(C2(c3cccc(Cl)c3)CCCN2)cs1.[CH2-]CCC.[Li+]. The molecule has 0 bridgehead atoms. The summed E-state index contributed by atoms with van der Waals surface area (Å²) in [4.78, 5) is 99.0. The first-order valence-electron chi connectivity index (χ1n) is 47.4. The van der Waals surface area contributed by atoms with Crippen molar-refractivity contribution in [3.05, 3.63) is 301 Å². The molecular formula is C109H131Br2Cl7LiN5O17S4. The average molecular weight is 2330 g/mol. The van der Waals surface area contributed by atoms with Gasteiger partial charge in [0.15, 0.2) is 30.9 Å². The first-order chi connectivity index (χ1) is 67.9. The maximum absolute atomic E-state index is 11.9. The van der Waals surface area contributed by atoms with Gasteiger partial charge < -0.3 is 65.5 Å². The molecule has 145 heavy (non-hydrogen) atoms. The third-order valence-corrected chi connectivity index (χ3v) is 28.2. The van der Waals surface area contributed by atoms with Crippen LogP contribution in [0.2, 0.25) is 30.1 Å². The van der Waals surface area contributed by atoms with Crippen molar-refractivity contribution < 1.29 is 99.8 Å². The summed E-state index contributed by atoms with van der Waals surface area (Å²) in [6, 6.07) is 54.9. The number of rotatable bonds is 17. The molecule has 2 atom stereocenters. The second kappa shape index (κ2) is 62.8. The number of likely N-dealkylation sites (tertiary alicyclic amines) is 1. The second-order valence-corrected chi connectivity index (χ2v) is 46.0. The van der Waals surface area contributed by atoms with Gasteiger partial charge in [-0.1, -0.05) is 178 Å². The van der Waals surface area contributed by atoms with E-state index in [1.165, 1.54) is 97.9 Å². The Morgan fingerprint density at radius 2 is 0.945 bits per heavy atom. The number of unbranched alkanes of at least 4 members (excludes halogenated alkanes) is 1. The van der Waals surface area contributed by atoms with E-state index in [2.05, 4.69) is 130 Å². The maximum atomic E-state index is 11.9. The molecule has 3 amide bonds. The molecule has 5 saturated heterocycles. The van der Waals surface area contributed by atoms with E-state index in [-0.39, 0.29) is 72.0 Å². The Morgan fingerprint density at radius 1 is 0.503 bits per heavy atom. The first-order valence-corrected chi connectivity index (χ1v) is 54.8. The van der Waals surface area contributed by atoms with Crippen LogP contribution in [0.3, 0.4) is 0 Å². The van der Waals surface area contributed by atoms with E-state index in [1.54, 1.807) is 130 Å². The number of thiophene rings is 4. The fourth-order valence-corrected chi connectivity index (χ4v) is 21.2. The van der Waals surface area contributed by atoms with Gasteiger partial charge in [-0.3, -0.25) is 24.2 Å². The minimum atomic E-state index is -1.06. The topological polar surface area (TPSA) is 271 Å². The number of nitrogens with zero attached hydrogens (tertiary/aromatic N) is 2. The van der Waals surface area contributed by atoms with E-state index >= 15 is 0 Å². The van der Waals surface area contributed by atoms with Gasteiger partial charge in [0.2, 0.25) is 5.91 Å². The molecule has 17 rings (SSSR count). The normalized spacial score (nSPS) is 17.0. The molecule has 6 fully saturated rings. The van der Waals surface area contributed by atoms with Crippen LogP contribution in [0.5, 0.6) is 0 Å². The third-order valence-electron chi connectivity index (χ3n) is 21.9. The standard InChI is InChI=1S/C17H18ClNO2S.C16H15ClOS.C15H20ClNO3.C15H14ClNOS.C10H10ClN.C10H18O5.C9H15NO3.C7H7BrO2S.C6H4BrCl.C4H9.ClH.Li/c18-14-4-1-3-12(9-14)17(5-2-6-19-17)13-10-15(22-11-13)16-20-7-8-21-16;17-14-5-3-4-12(8-14)16(6-1-2-7-16)13-9-15(10-18)19-11-13;1-15(2,3)20-14(19)17-9-5-8-13(18)11-6-4-7-12(16)10-11;16-13-4-1-3-11(7-13)15(5-2-6-17-15)12-8-14(9-18)19-10-12;11-9-4-1-3-8(7-9)10-5-2-6-12-10;1-9(2,3)14-7(11)13-8(12)15-10(4,5)6;1-9(2,3)13-8(12)10-6-4-5-7(10)11;8-5-3-6(11-4-5)7-9-1-2-10-7;7-5-2-1-3-6(8)4-5;1-3-4-2;;/h1,3-4,9-11,16,19H,2,5-8H2;3-5,8-11H,1-2,6-7H2;4,6-7,10H,5,8-9H2,1-3H3,(H,17,19);1,3-4,7-10,17H,2,5-6H2;1,3-4,7H,2,5-6H2;1-6H3;4-6H2,1-3H3;3-4,7H,1-2H2;1-4H;1,3-4H2,2H3;1H;/q;;;;;;;;;-1;;+1. The number of halogens is 9. The maximum Gasteiger partial charge on any atom is 1.00 e. The monoisotopic (exact) mass is 2320 g/mol. The number of hydrogen-bond acceptors (Lipinski definition) is 24. The molecule has 782 valence electrons. The van der Waals surface area contributed by atoms with Crippen molar-refractivity contribution in [1.29, 1.82) is 0 Å². The quantitative estimate of drug-likeness (QED) is 0.0112. The van der Waals surface area contributed by atoms with Gasteiger partial charge in [0.1, 0.15) is 22.4 Å². The smallest absolute Gasteiger partial charge is 0.444 e.